The van der Waals surface area contributed by atoms with Crippen LogP contribution in [0.25, 0.3) is 0 Å². The van der Waals surface area contributed by atoms with Crippen molar-refractivity contribution in [1.29, 1.82) is 0 Å². The van der Waals surface area contributed by atoms with Crippen molar-refractivity contribution in [2.45, 2.75) is 0 Å². The van der Waals surface area contributed by atoms with Gasteiger partial charge < -0.3 is 5.11 Å². The first-order valence-corrected chi connectivity index (χ1v) is 3.09. The number of nitrogens with zero attached hydrogens (tertiary/aromatic N) is 1. The van der Waals surface area contributed by atoms with Crippen LogP contribution in [0.4, 0.5) is 0 Å². The summed E-state index contributed by atoms with van der Waals surface area (Å²) in [5.41, 5.74) is 0.470. The van der Waals surface area contributed by atoms with E-state index in [0.29, 0.717) is 5.56 Å². The number of hydrogen-bond acceptors (Lipinski definition) is 3. The van der Waals surface area contributed by atoms with Gasteiger partial charge in [0.25, 0.3) is 0 Å². The molecule has 0 bridgehead atoms. The molecule has 0 unspecified atom stereocenters. The van der Waals surface area contributed by atoms with E-state index in [1.165, 1.54) is 6.20 Å². The van der Waals surface area contributed by atoms with Gasteiger partial charge in [-0.2, -0.15) is 0 Å². The maximum atomic E-state index is 11.0. The predicted octanol–water partition coefficient (Wildman–Crippen LogP) is 0.955. The zero-order chi connectivity index (χ0) is 8.10. The van der Waals surface area contributed by atoms with Gasteiger partial charge in [-0.05, 0) is 12.1 Å². The second kappa shape index (κ2) is 5.94. The summed E-state index contributed by atoms with van der Waals surface area (Å²) in [6.07, 6.45) is 4.83. The number of aliphatic hydroxyl groups excluding tert-OH is 1. The molecule has 0 spiro atoms. The molecule has 0 aliphatic heterocycles. The number of pyridine rings is 1. The van der Waals surface area contributed by atoms with Crippen molar-refractivity contribution >= 4 is 35.3 Å². The third-order valence-electron chi connectivity index (χ3n) is 1.17. The molecule has 1 aromatic heterocycles. The molecule has 1 N–H and O–H groups in total. The Morgan fingerprint density at radius 3 is 2.83 bits per heavy atom. The first kappa shape index (κ1) is 11.4. The number of allylic oxidation sites excluding steroid dienone is 1. The van der Waals surface area contributed by atoms with E-state index in [4.69, 9.17) is 5.11 Å². The molecule has 4 heteroatoms. The van der Waals surface area contributed by atoms with E-state index in [0.717, 1.165) is 12.3 Å². The molecule has 0 saturated carbocycles. The quantitative estimate of drug-likeness (QED) is 0.313. The molecule has 57 valence electrons. The van der Waals surface area contributed by atoms with Gasteiger partial charge in [0, 0.05) is 53.6 Å². The standard InChI is InChI=1S/C8H7NO2.Na/c10-5-3-8(11)7-2-1-4-9-6-7;/h1-6,10H;/b5-3+;. The van der Waals surface area contributed by atoms with Crippen LogP contribution in [-0.4, -0.2) is 45.4 Å². The summed E-state index contributed by atoms with van der Waals surface area (Å²) in [4.78, 5) is 14.7. The fourth-order valence-electron chi connectivity index (χ4n) is 0.672. The van der Waals surface area contributed by atoms with Crippen LogP contribution in [0.1, 0.15) is 10.4 Å². The molecule has 0 aromatic carbocycles. The Kier molecular flexibility index (Phi) is 5.62. The number of ketones is 1. The van der Waals surface area contributed by atoms with Gasteiger partial charge in [-0.3, -0.25) is 9.78 Å². The largest absolute Gasteiger partial charge is 0.515 e. The number of aromatic nitrogens is 1. The van der Waals surface area contributed by atoms with Crippen molar-refractivity contribution < 1.29 is 9.90 Å². The average molecular weight is 172 g/mol. The molecule has 0 saturated heterocycles. The molecule has 12 heavy (non-hydrogen) atoms. The average Bonchev–Trinajstić information content (AvgIpc) is 2.07. The SMILES string of the molecule is O=C(/C=C/O)c1cccnc1.[Na]. The minimum atomic E-state index is -0.249. The van der Waals surface area contributed by atoms with Gasteiger partial charge in [-0.1, -0.05) is 0 Å². The van der Waals surface area contributed by atoms with Gasteiger partial charge in [0.15, 0.2) is 5.78 Å². The molecule has 1 rings (SSSR count). The normalized spacial score (nSPS) is 9.33. The van der Waals surface area contributed by atoms with E-state index < -0.39 is 0 Å². The maximum absolute atomic E-state index is 11.0. The molecule has 1 radical (unpaired) electrons. The number of rotatable bonds is 2. The molecular weight excluding hydrogens is 165 g/mol. The van der Waals surface area contributed by atoms with Gasteiger partial charge in [-0.15, -0.1) is 0 Å². The number of carbonyl (C=O) groups is 1. The van der Waals surface area contributed by atoms with Crippen molar-refractivity contribution in [3.8, 4) is 0 Å². The number of aliphatic hydroxyl groups is 1. The minimum absolute atomic E-state index is 0. The Balaban J connectivity index is 0.00000121. The number of hydrogen-bond donors (Lipinski definition) is 1. The second-order valence-electron chi connectivity index (χ2n) is 1.92. The Morgan fingerprint density at radius 2 is 2.33 bits per heavy atom. The van der Waals surface area contributed by atoms with Crippen LogP contribution in [0.2, 0.25) is 0 Å². The summed E-state index contributed by atoms with van der Waals surface area (Å²) < 4.78 is 0. The first-order valence-electron chi connectivity index (χ1n) is 3.09. The molecule has 0 aliphatic rings. The molecule has 3 nitrogen and oxygen atoms in total. The summed E-state index contributed by atoms with van der Waals surface area (Å²) >= 11 is 0. The van der Waals surface area contributed by atoms with Crippen LogP contribution in [0.5, 0.6) is 0 Å². The molecule has 0 amide bonds. The Labute approximate surface area is 92.4 Å². The van der Waals surface area contributed by atoms with E-state index in [-0.39, 0.29) is 35.3 Å². The van der Waals surface area contributed by atoms with Crippen LogP contribution in [-0.2, 0) is 0 Å². The fourth-order valence-corrected chi connectivity index (χ4v) is 0.672. The third kappa shape index (κ3) is 3.17. The van der Waals surface area contributed by atoms with E-state index >= 15 is 0 Å². The van der Waals surface area contributed by atoms with Crippen molar-refractivity contribution in [3.63, 3.8) is 0 Å². The van der Waals surface area contributed by atoms with Crippen molar-refractivity contribution in [2.24, 2.45) is 0 Å². The van der Waals surface area contributed by atoms with Crippen molar-refractivity contribution in [1.82, 2.24) is 4.98 Å². The van der Waals surface area contributed by atoms with Crippen molar-refractivity contribution in [3.05, 3.63) is 42.4 Å². The number of carbonyl (C=O) groups excluding carboxylic acids is 1. The first-order chi connectivity index (χ1) is 5.34. The van der Waals surface area contributed by atoms with Gasteiger partial charge >= 0.3 is 0 Å². The van der Waals surface area contributed by atoms with Crippen molar-refractivity contribution in [2.75, 3.05) is 0 Å². The minimum Gasteiger partial charge on any atom is -0.515 e. The topological polar surface area (TPSA) is 50.2 Å². The summed E-state index contributed by atoms with van der Waals surface area (Å²) in [6.45, 7) is 0. The Morgan fingerprint density at radius 1 is 1.58 bits per heavy atom. The summed E-state index contributed by atoms with van der Waals surface area (Å²) in [6, 6.07) is 3.30. The molecule has 0 atom stereocenters. The maximum Gasteiger partial charge on any atom is 0.190 e. The Hall–Kier alpha value is -0.640. The van der Waals surface area contributed by atoms with Crippen LogP contribution in [0.3, 0.4) is 0 Å². The molecular formula is C8H7NNaO2. The van der Waals surface area contributed by atoms with Gasteiger partial charge in [0.05, 0.1) is 6.26 Å². The Bertz CT molecular complexity index is 272. The second-order valence-corrected chi connectivity index (χ2v) is 1.92. The van der Waals surface area contributed by atoms with Gasteiger partial charge in [-0.25, -0.2) is 0 Å². The summed E-state index contributed by atoms with van der Waals surface area (Å²) in [7, 11) is 0. The molecule has 0 aliphatic carbocycles. The molecule has 1 heterocycles. The molecule has 1 aromatic rings. The van der Waals surface area contributed by atoms with Crippen LogP contribution >= 0.6 is 0 Å². The van der Waals surface area contributed by atoms with Crippen LogP contribution in [0.15, 0.2) is 36.9 Å². The molecule has 0 fully saturated rings. The van der Waals surface area contributed by atoms with Crippen LogP contribution < -0.4 is 0 Å². The van der Waals surface area contributed by atoms with E-state index in [9.17, 15) is 4.79 Å². The van der Waals surface area contributed by atoms with E-state index in [1.807, 2.05) is 0 Å². The van der Waals surface area contributed by atoms with E-state index in [2.05, 4.69) is 4.98 Å². The predicted molar refractivity (Wildman–Crippen MR) is 46.1 cm³/mol. The van der Waals surface area contributed by atoms with E-state index in [1.54, 1.807) is 18.3 Å². The fraction of sp³-hybridized carbons (Fsp3) is 0. The monoisotopic (exact) mass is 172 g/mol. The summed E-state index contributed by atoms with van der Waals surface area (Å²) in [5.74, 6) is -0.249. The zero-order valence-electron chi connectivity index (χ0n) is 6.77. The van der Waals surface area contributed by atoms with Crippen LogP contribution in [0, 0.1) is 0 Å². The summed E-state index contributed by atoms with van der Waals surface area (Å²) in [5, 5.41) is 8.28. The zero-order valence-corrected chi connectivity index (χ0v) is 8.77. The van der Waals surface area contributed by atoms with Gasteiger partial charge in [0.1, 0.15) is 0 Å². The van der Waals surface area contributed by atoms with Gasteiger partial charge in [0.2, 0.25) is 0 Å². The smallest absolute Gasteiger partial charge is 0.190 e. The third-order valence-corrected chi connectivity index (χ3v) is 1.17.